The predicted molar refractivity (Wildman–Crippen MR) is 98.4 cm³/mol. The lowest BCUT2D eigenvalue weighted by atomic mass is 10.0. The van der Waals surface area contributed by atoms with Gasteiger partial charge in [0.2, 0.25) is 0 Å². The normalized spacial score (nSPS) is 15.1. The van der Waals surface area contributed by atoms with Crippen molar-refractivity contribution in [2.24, 2.45) is 0 Å². The van der Waals surface area contributed by atoms with Crippen LogP contribution in [-0.2, 0) is 6.42 Å². The molecule has 0 amide bonds. The number of allylic oxidation sites excluding steroid dienone is 1. The molecule has 0 saturated carbocycles. The van der Waals surface area contributed by atoms with Crippen molar-refractivity contribution in [3.05, 3.63) is 33.6 Å². The zero-order valence-electron chi connectivity index (χ0n) is 13.4. The summed E-state index contributed by atoms with van der Waals surface area (Å²) in [6.45, 7) is 4.51. The van der Waals surface area contributed by atoms with E-state index in [1.165, 1.54) is 58.1 Å². The maximum Gasteiger partial charge on any atom is 0.122 e. The fourth-order valence-corrected chi connectivity index (χ4v) is 5.17. The van der Waals surface area contributed by atoms with Gasteiger partial charge in [0.15, 0.2) is 0 Å². The van der Waals surface area contributed by atoms with E-state index in [0.29, 0.717) is 0 Å². The Hall–Kier alpha value is -0.540. The van der Waals surface area contributed by atoms with E-state index in [9.17, 15) is 0 Å². The summed E-state index contributed by atoms with van der Waals surface area (Å²) in [6.07, 6.45) is 6.25. The number of hydrogen-bond donors (Lipinski definition) is 0. The first kappa shape index (κ1) is 16.8. The Morgan fingerprint density at radius 3 is 2.62 bits per heavy atom. The van der Waals surface area contributed by atoms with E-state index in [1.54, 1.807) is 7.11 Å². The molecule has 0 aliphatic carbocycles. The number of ether oxygens (including phenoxy) is 1. The van der Waals surface area contributed by atoms with Crippen LogP contribution in [-0.4, -0.2) is 18.6 Å². The second-order valence-electron chi connectivity index (χ2n) is 5.45. The van der Waals surface area contributed by atoms with Crippen molar-refractivity contribution in [1.82, 2.24) is 0 Å². The van der Waals surface area contributed by atoms with E-state index in [1.807, 2.05) is 23.5 Å². The predicted octanol–water partition coefficient (Wildman–Crippen LogP) is 5.99. The fourth-order valence-electron chi connectivity index (χ4n) is 2.54. The van der Waals surface area contributed by atoms with Gasteiger partial charge in [0.1, 0.15) is 5.75 Å². The minimum Gasteiger partial charge on any atom is -0.496 e. The summed E-state index contributed by atoms with van der Waals surface area (Å²) in [5.74, 6) is 3.56. The molecule has 0 radical (unpaired) electrons. The minimum absolute atomic E-state index is 1.04. The third-order valence-electron chi connectivity index (χ3n) is 3.82. The quantitative estimate of drug-likeness (QED) is 0.596. The van der Waals surface area contributed by atoms with E-state index < -0.39 is 0 Å². The molecule has 1 saturated heterocycles. The highest BCUT2D eigenvalue weighted by Crippen LogP contribution is 2.40. The summed E-state index contributed by atoms with van der Waals surface area (Å²) >= 11 is 4.03. The second kappa shape index (κ2) is 8.79. The van der Waals surface area contributed by atoms with Crippen LogP contribution in [0.4, 0.5) is 0 Å². The number of aryl methyl sites for hydroxylation is 1. The molecule has 116 valence electrons. The first-order chi connectivity index (χ1) is 10.3. The molecule has 1 nitrogen and oxygen atoms in total. The summed E-state index contributed by atoms with van der Waals surface area (Å²) < 4.78 is 7.04. The summed E-state index contributed by atoms with van der Waals surface area (Å²) in [7, 11) is 1.77. The highest BCUT2D eigenvalue weighted by molar-refractivity contribution is 8.23. The molecule has 1 fully saturated rings. The maximum atomic E-state index is 5.53. The largest absolute Gasteiger partial charge is 0.496 e. The third-order valence-corrected chi connectivity index (χ3v) is 6.65. The summed E-state index contributed by atoms with van der Waals surface area (Å²) in [4.78, 5) is 0. The number of methoxy groups -OCH3 is 1. The van der Waals surface area contributed by atoms with Crippen LogP contribution < -0.4 is 4.74 Å². The molecule has 1 heterocycles. The Bertz CT molecular complexity index is 486. The first-order valence-corrected chi connectivity index (χ1v) is 9.87. The average molecular weight is 323 g/mol. The Kier molecular flexibility index (Phi) is 7.05. The van der Waals surface area contributed by atoms with Crippen LogP contribution in [0, 0.1) is 0 Å². The van der Waals surface area contributed by atoms with Crippen molar-refractivity contribution >= 4 is 29.1 Å². The minimum atomic E-state index is 1.04. The van der Waals surface area contributed by atoms with Gasteiger partial charge in [-0.2, -0.15) is 0 Å². The molecule has 0 atom stereocenters. The molecule has 0 unspecified atom stereocenters. The molecular formula is C18H26OS2. The molecule has 2 rings (SSSR count). The molecular weight excluding hydrogens is 296 g/mol. The highest BCUT2D eigenvalue weighted by atomic mass is 32.2. The van der Waals surface area contributed by atoms with Crippen molar-refractivity contribution in [3.63, 3.8) is 0 Å². The van der Waals surface area contributed by atoms with Crippen LogP contribution in [0.5, 0.6) is 5.75 Å². The average Bonchev–Trinajstić information content (AvgIpc) is 2.55. The molecule has 1 aromatic carbocycles. The molecule has 3 heteroatoms. The van der Waals surface area contributed by atoms with Gasteiger partial charge in [-0.25, -0.2) is 0 Å². The Labute approximate surface area is 137 Å². The second-order valence-corrected chi connectivity index (χ2v) is 7.92. The summed E-state index contributed by atoms with van der Waals surface area (Å²) in [6, 6.07) is 6.69. The van der Waals surface area contributed by atoms with Crippen LogP contribution in [0.1, 0.15) is 50.7 Å². The van der Waals surface area contributed by atoms with E-state index >= 15 is 0 Å². The Morgan fingerprint density at radius 2 is 1.95 bits per heavy atom. The fraction of sp³-hybridized carbons (Fsp3) is 0.556. The monoisotopic (exact) mass is 322 g/mol. The highest BCUT2D eigenvalue weighted by Gasteiger charge is 2.13. The van der Waals surface area contributed by atoms with E-state index in [2.05, 4.69) is 32.0 Å². The van der Waals surface area contributed by atoms with Gasteiger partial charge in [0.25, 0.3) is 0 Å². The standard InChI is InChI=1S/C18H26OS2/c1-4-5-6-8-16-13-15(9-10-17(16)19-3)14(2)18-20-11-7-12-21-18/h9-10,13H,4-8,11-12H2,1-3H3. The van der Waals surface area contributed by atoms with Gasteiger partial charge in [-0.05, 0) is 66.5 Å². The molecule has 0 bridgehead atoms. The van der Waals surface area contributed by atoms with Gasteiger partial charge in [-0.1, -0.05) is 25.8 Å². The molecule has 0 spiro atoms. The van der Waals surface area contributed by atoms with Crippen LogP contribution in [0.2, 0.25) is 0 Å². The first-order valence-electron chi connectivity index (χ1n) is 7.90. The van der Waals surface area contributed by atoms with Gasteiger partial charge < -0.3 is 4.74 Å². The van der Waals surface area contributed by atoms with Crippen molar-refractivity contribution in [2.45, 2.75) is 46.0 Å². The SMILES string of the molecule is CCCCCc1cc(C(C)=C2SCCCS2)ccc1OC. The summed E-state index contributed by atoms with van der Waals surface area (Å²) in [5.41, 5.74) is 4.15. The molecule has 21 heavy (non-hydrogen) atoms. The number of hydrogen-bond acceptors (Lipinski definition) is 3. The lowest BCUT2D eigenvalue weighted by Crippen LogP contribution is -1.97. The van der Waals surface area contributed by atoms with E-state index in [4.69, 9.17) is 4.74 Å². The van der Waals surface area contributed by atoms with Gasteiger partial charge in [0, 0.05) is 4.24 Å². The number of benzene rings is 1. The maximum absolute atomic E-state index is 5.53. The van der Waals surface area contributed by atoms with Gasteiger partial charge in [-0.15, -0.1) is 23.5 Å². The van der Waals surface area contributed by atoms with Crippen molar-refractivity contribution in [2.75, 3.05) is 18.6 Å². The van der Waals surface area contributed by atoms with Gasteiger partial charge >= 0.3 is 0 Å². The van der Waals surface area contributed by atoms with Crippen molar-refractivity contribution in [1.29, 1.82) is 0 Å². The Morgan fingerprint density at radius 1 is 1.19 bits per heavy atom. The summed E-state index contributed by atoms with van der Waals surface area (Å²) in [5, 5.41) is 0. The van der Waals surface area contributed by atoms with Crippen LogP contribution in [0.25, 0.3) is 5.57 Å². The molecule has 0 aromatic heterocycles. The lowest BCUT2D eigenvalue weighted by Gasteiger charge is -2.17. The van der Waals surface area contributed by atoms with Gasteiger partial charge in [-0.3, -0.25) is 0 Å². The van der Waals surface area contributed by atoms with E-state index in [-0.39, 0.29) is 0 Å². The van der Waals surface area contributed by atoms with E-state index in [0.717, 1.165) is 12.2 Å². The molecule has 1 aliphatic rings. The smallest absolute Gasteiger partial charge is 0.122 e. The Balaban J connectivity index is 2.21. The van der Waals surface area contributed by atoms with Crippen molar-refractivity contribution in [3.8, 4) is 5.75 Å². The van der Waals surface area contributed by atoms with Crippen molar-refractivity contribution < 1.29 is 4.74 Å². The zero-order chi connectivity index (χ0) is 15.1. The van der Waals surface area contributed by atoms with Crippen LogP contribution >= 0.6 is 23.5 Å². The van der Waals surface area contributed by atoms with Crippen LogP contribution in [0.15, 0.2) is 22.4 Å². The zero-order valence-corrected chi connectivity index (χ0v) is 15.0. The third kappa shape index (κ3) is 4.72. The number of unbranched alkanes of at least 4 members (excludes halogenated alkanes) is 2. The number of rotatable bonds is 6. The van der Waals surface area contributed by atoms with Gasteiger partial charge in [0.05, 0.1) is 7.11 Å². The van der Waals surface area contributed by atoms with Crippen LogP contribution in [0.3, 0.4) is 0 Å². The molecule has 0 N–H and O–H groups in total. The number of thioether (sulfide) groups is 2. The topological polar surface area (TPSA) is 9.23 Å². The lowest BCUT2D eigenvalue weighted by molar-refractivity contribution is 0.409. The molecule has 1 aliphatic heterocycles. The molecule has 1 aromatic rings.